The van der Waals surface area contributed by atoms with Gasteiger partial charge in [-0.05, 0) is 25.6 Å². The third kappa shape index (κ3) is 3.54. The fraction of sp³-hybridized carbons (Fsp3) is 0.455. The molecule has 8 heteroatoms. The van der Waals surface area contributed by atoms with E-state index in [2.05, 4.69) is 25.5 Å². The molecule has 2 aromatic heterocycles. The highest BCUT2D eigenvalue weighted by Gasteiger charge is 2.11. The van der Waals surface area contributed by atoms with Crippen molar-refractivity contribution in [3.63, 3.8) is 0 Å². The maximum Gasteiger partial charge on any atom is 0.223 e. The van der Waals surface area contributed by atoms with Gasteiger partial charge < -0.3 is 10.2 Å². The van der Waals surface area contributed by atoms with Crippen molar-refractivity contribution in [3.05, 3.63) is 11.8 Å². The summed E-state index contributed by atoms with van der Waals surface area (Å²) in [5.74, 6) is 0.646. The summed E-state index contributed by atoms with van der Waals surface area (Å²) >= 11 is 3.07. The molecule has 0 aromatic carbocycles. The molecule has 6 nitrogen and oxygen atoms in total. The molecule has 0 amide bonds. The highest BCUT2D eigenvalue weighted by Crippen LogP contribution is 2.33. The lowest BCUT2D eigenvalue weighted by Crippen LogP contribution is -2.07. The van der Waals surface area contributed by atoms with Gasteiger partial charge in [0.1, 0.15) is 5.03 Å². The normalized spacial score (nSPS) is 10.5. The average molecular weight is 296 g/mol. The zero-order valence-corrected chi connectivity index (χ0v) is 13.0. The molecule has 2 rings (SSSR count). The fourth-order valence-electron chi connectivity index (χ4n) is 1.28. The molecule has 0 fully saturated rings. The van der Waals surface area contributed by atoms with Crippen molar-refractivity contribution in [1.29, 1.82) is 0 Å². The molecule has 0 bridgehead atoms. The van der Waals surface area contributed by atoms with Crippen molar-refractivity contribution in [1.82, 2.24) is 20.2 Å². The Labute approximate surface area is 120 Å². The molecular formula is C11H16N6S2. The van der Waals surface area contributed by atoms with Gasteiger partial charge in [-0.1, -0.05) is 11.3 Å². The highest BCUT2D eigenvalue weighted by atomic mass is 32.2. The summed E-state index contributed by atoms with van der Waals surface area (Å²) < 4.78 is 0.882. The first-order chi connectivity index (χ1) is 9.10. The van der Waals surface area contributed by atoms with Gasteiger partial charge in [-0.3, -0.25) is 0 Å². The molecule has 0 atom stereocenters. The van der Waals surface area contributed by atoms with E-state index in [0.29, 0.717) is 5.95 Å². The van der Waals surface area contributed by atoms with Crippen LogP contribution in [0.1, 0.15) is 12.5 Å². The van der Waals surface area contributed by atoms with Crippen LogP contribution in [-0.2, 0) is 0 Å². The molecule has 0 aliphatic rings. The number of rotatable bonds is 5. The maximum absolute atomic E-state index is 4.48. The molecule has 0 saturated carbocycles. The second-order valence-corrected chi connectivity index (χ2v) is 6.25. The lowest BCUT2D eigenvalue weighted by atomic mass is 10.4. The summed E-state index contributed by atoms with van der Waals surface area (Å²) in [6.45, 7) is 4.81. The van der Waals surface area contributed by atoms with E-state index in [0.717, 1.165) is 26.6 Å². The van der Waals surface area contributed by atoms with Crippen molar-refractivity contribution >= 4 is 34.2 Å². The predicted octanol–water partition coefficient (Wildman–Crippen LogP) is 2.29. The van der Waals surface area contributed by atoms with Gasteiger partial charge in [-0.15, -0.1) is 10.2 Å². The fourth-order valence-corrected chi connectivity index (χ4v) is 3.00. The van der Waals surface area contributed by atoms with Crippen molar-refractivity contribution in [2.45, 2.75) is 23.2 Å². The number of nitrogens with zero attached hydrogens (tertiary/aromatic N) is 5. The minimum absolute atomic E-state index is 0.646. The van der Waals surface area contributed by atoms with Gasteiger partial charge in [-0.25, -0.2) is 9.97 Å². The number of anilines is 2. The van der Waals surface area contributed by atoms with Crippen LogP contribution in [0.3, 0.4) is 0 Å². The minimum Gasteiger partial charge on any atom is -0.354 e. The largest absolute Gasteiger partial charge is 0.354 e. The molecule has 2 aromatic rings. The van der Waals surface area contributed by atoms with Gasteiger partial charge in [-0.2, -0.15) is 0 Å². The van der Waals surface area contributed by atoms with E-state index in [9.17, 15) is 0 Å². The number of nitrogens with one attached hydrogen (secondary N) is 1. The van der Waals surface area contributed by atoms with Crippen molar-refractivity contribution in [3.8, 4) is 0 Å². The SMILES string of the molecule is CCNc1ncc(C)c(Sc2nnc(N(C)C)s2)n1. The van der Waals surface area contributed by atoms with Crippen LogP contribution in [0.15, 0.2) is 15.6 Å². The van der Waals surface area contributed by atoms with E-state index in [1.54, 1.807) is 11.3 Å². The molecule has 19 heavy (non-hydrogen) atoms. The smallest absolute Gasteiger partial charge is 0.223 e. The standard InChI is InChI=1S/C11H16N6S2/c1-5-12-9-13-6-7(2)8(14-9)18-11-16-15-10(19-11)17(3)4/h6H,5H2,1-4H3,(H,12,13,14). The van der Waals surface area contributed by atoms with Gasteiger partial charge in [0, 0.05) is 32.4 Å². The summed E-state index contributed by atoms with van der Waals surface area (Å²) in [4.78, 5) is 10.6. The molecule has 1 N–H and O–H groups in total. The molecule has 0 unspecified atom stereocenters. The van der Waals surface area contributed by atoms with Crippen LogP contribution in [-0.4, -0.2) is 40.8 Å². The summed E-state index contributed by atoms with van der Waals surface area (Å²) in [5.41, 5.74) is 1.04. The topological polar surface area (TPSA) is 66.8 Å². The summed E-state index contributed by atoms with van der Waals surface area (Å²) in [6.07, 6.45) is 1.82. The second kappa shape index (κ2) is 6.16. The Kier molecular flexibility index (Phi) is 4.54. The molecule has 0 spiro atoms. The number of hydrogen-bond acceptors (Lipinski definition) is 8. The maximum atomic E-state index is 4.48. The summed E-state index contributed by atoms with van der Waals surface area (Å²) in [6, 6.07) is 0. The van der Waals surface area contributed by atoms with E-state index >= 15 is 0 Å². The minimum atomic E-state index is 0.646. The Hall–Kier alpha value is -1.41. The van der Waals surface area contributed by atoms with Gasteiger partial charge in [0.2, 0.25) is 11.1 Å². The molecule has 0 radical (unpaired) electrons. The number of aromatic nitrogens is 4. The highest BCUT2D eigenvalue weighted by molar-refractivity contribution is 8.01. The van der Waals surface area contributed by atoms with Crippen LogP contribution in [0.5, 0.6) is 0 Å². The molecule has 2 heterocycles. The van der Waals surface area contributed by atoms with Crippen LogP contribution in [0.2, 0.25) is 0 Å². The lowest BCUT2D eigenvalue weighted by Gasteiger charge is -2.05. The summed E-state index contributed by atoms with van der Waals surface area (Å²) in [7, 11) is 3.91. The molecule has 0 saturated heterocycles. The van der Waals surface area contributed by atoms with Crippen molar-refractivity contribution < 1.29 is 0 Å². The molecule has 102 valence electrons. The van der Waals surface area contributed by atoms with Crippen LogP contribution in [0.4, 0.5) is 11.1 Å². The lowest BCUT2D eigenvalue weighted by molar-refractivity contribution is 0.959. The van der Waals surface area contributed by atoms with E-state index in [1.165, 1.54) is 11.8 Å². The van der Waals surface area contributed by atoms with Crippen LogP contribution >= 0.6 is 23.1 Å². The third-order valence-corrected chi connectivity index (χ3v) is 4.47. The Morgan fingerprint density at radius 3 is 2.79 bits per heavy atom. The van der Waals surface area contributed by atoms with Gasteiger partial charge >= 0.3 is 0 Å². The van der Waals surface area contributed by atoms with Crippen molar-refractivity contribution in [2.75, 3.05) is 30.9 Å². The monoisotopic (exact) mass is 296 g/mol. The first-order valence-corrected chi connectivity index (χ1v) is 7.49. The Morgan fingerprint density at radius 2 is 2.16 bits per heavy atom. The first kappa shape index (κ1) is 14.0. The van der Waals surface area contributed by atoms with Gasteiger partial charge in [0.15, 0.2) is 4.34 Å². The van der Waals surface area contributed by atoms with Gasteiger partial charge in [0.05, 0.1) is 0 Å². The average Bonchev–Trinajstić information content (AvgIpc) is 2.82. The second-order valence-electron chi connectivity index (χ2n) is 4.06. The van der Waals surface area contributed by atoms with Crippen LogP contribution < -0.4 is 10.2 Å². The van der Waals surface area contributed by atoms with E-state index < -0.39 is 0 Å². The van der Waals surface area contributed by atoms with Crippen LogP contribution in [0, 0.1) is 6.92 Å². The first-order valence-electron chi connectivity index (χ1n) is 5.86. The van der Waals surface area contributed by atoms with Crippen molar-refractivity contribution in [2.24, 2.45) is 0 Å². The molecule has 0 aliphatic heterocycles. The van der Waals surface area contributed by atoms with Crippen LogP contribution in [0.25, 0.3) is 0 Å². The Bertz CT molecular complexity index is 554. The van der Waals surface area contributed by atoms with Gasteiger partial charge in [0.25, 0.3) is 0 Å². The zero-order valence-electron chi connectivity index (χ0n) is 11.3. The number of hydrogen-bond donors (Lipinski definition) is 1. The van der Waals surface area contributed by atoms with E-state index in [-0.39, 0.29) is 0 Å². The third-order valence-electron chi connectivity index (χ3n) is 2.22. The number of aryl methyl sites for hydroxylation is 1. The predicted molar refractivity (Wildman–Crippen MR) is 79.3 cm³/mol. The molecule has 0 aliphatic carbocycles. The Morgan fingerprint density at radius 1 is 1.37 bits per heavy atom. The summed E-state index contributed by atoms with van der Waals surface area (Å²) in [5, 5.41) is 13.2. The zero-order chi connectivity index (χ0) is 13.8. The quantitative estimate of drug-likeness (QED) is 0.849. The Balaban J connectivity index is 2.19. The van der Waals surface area contributed by atoms with E-state index in [4.69, 9.17) is 0 Å². The molecular weight excluding hydrogens is 280 g/mol. The van der Waals surface area contributed by atoms with E-state index in [1.807, 2.05) is 39.0 Å².